The molecule has 1 aromatic rings. The zero-order valence-corrected chi connectivity index (χ0v) is 15.1. The van der Waals surface area contributed by atoms with Crippen LogP contribution in [-0.2, 0) is 11.3 Å². The summed E-state index contributed by atoms with van der Waals surface area (Å²) in [5, 5.41) is 0. The van der Waals surface area contributed by atoms with E-state index >= 15 is 0 Å². The molecule has 4 heteroatoms. The predicted octanol–water partition coefficient (Wildman–Crippen LogP) is 2.48. The highest BCUT2D eigenvalue weighted by Gasteiger charge is 2.40. The summed E-state index contributed by atoms with van der Waals surface area (Å²) >= 11 is 0. The molecule has 1 aromatic carbocycles. The van der Waals surface area contributed by atoms with Crippen molar-refractivity contribution < 1.29 is 4.74 Å². The Bertz CT molecular complexity index is 489. The molecule has 0 aromatic heterocycles. The van der Waals surface area contributed by atoms with E-state index in [2.05, 4.69) is 47.1 Å². The largest absolute Gasteiger partial charge is 0.377 e. The fourth-order valence-electron chi connectivity index (χ4n) is 4.43. The molecule has 2 aliphatic heterocycles. The maximum Gasteiger partial charge on any atom is 0.0703 e. The van der Waals surface area contributed by atoms with Gasteiger partial charge >= 0.3 is 0 Å². The van der Waals surface area contributed by atoms with Gasteiger partial charge in [0.15, 0.2) is 0 Å². The molecule has 2 heterocycles. The maximum atomic E-state index is 6.34. The minimum absolute atomic E-state index is 0.105. The zero-order chi connectivity index (χ0) is 16.8. The molecule has 0 aliphatic carbocycles. The molecule has 0 amide bonds. The lowest BCUT2D eigenvalue weighted by Crippen LogP contribution is -2.63. The molecule has 4 nitrogen and oxygen atoms in total. The highest BCUT2D eigenvalue weighted by atomic mass is 16.5. The van der Waals surface area contributed by atoms with Gasteiger partial charge in [-0.25, -0.2) is 0 Å². The van der Waals surface area contributed by atoms with E-state index < -0.39 is 0 Å². The summed E-state index contributed by atoms with van der Waals surface area (Å²) in [6.07, 6.45) is 5.24. The van der Waals surface area contributed by atoms with Crippen molar-refractivity contribution >= 4 is 0 Å². The first kappa shape index (κ1) is 17.9. The summed E-state index contributed by atoms with van der Waals surface area (Å²) in [6.45, 7) is 9.29. The molecule has 2 atom stereocenters. The molecule has 3 rings (SSSR count). The third-order valence-corrected chi connectivity index (χ3v) is 5.76. The van der Waals surface area contributed by atoms with Gasteiger partial charge in [-0.15, -0.1) is 0 Å². The molecular formula is C20H33N3O. The van der Waals surface area contributed by atoms with E-state index in [0.29, 0.717) is 6.10 Å². The molecule has 0 saturated carbocycles. The van der Waals surface area contributed by atoms with E-state index in [1.54, 1.807) is 0 Å². The summed E-state index contributed by atoms with van der Waals surface area (Å²) in [5.74, 6) is 0. The molecule has 0 radical (unpaired) electrons. The first-order valence-electron chi connectivity index (χ1n) is 9.59. The normalized spacial score (nSPS) is 28.5. The lowest BCUT2D eigenvalue weighted by molar-refractivity contribution is -0.0165. The summed E-state index contributed by atoms with van der Waals surface area (Å²) < 4.78 is 5.89. The maximum absolute atomic E-state index is 6.34. The van der Waals surface area contributed by atoms with Gasteiger partial charge in [-0.1, -0.05) is 37.3 Å². The lowest BCUT2D eigenvalue weighted by atomic mass is 9.86. The Hall–Kier alpha value is -0.940. The van der Waals surface area contributed by atoms with Crippen LogP contribution < -0.4 is 5.73 Å². The Morgan fingerprint density at radius 1 is 1.29 bits per heavy atom. The minimum Gasteiger partial charge on any atom is -0.377 e. The average molecular weight is 332 g/mol. The minimum atomic E-state index is 0.105. The number of nitrogens with zero attached hydrogens (tertiary/aromatic N) is 2. The van der Waals surface area contributed by atoms with Crippen molar-refractivity contribution in [3.8, 4) is 0 Å². The molecular weight excluding hydrogens is 298 g/mol. The second-order valence-electron chi connectivity index (χ2n) is 7.40. The average Bonchev–Trinajstić information content (AvgIpc) is 3.14. The summed E-state index contributed by atoms with van der Waals surface area (Å²) in [7, 11) is 0. The van der Waals surface area contributed by atoms with Gasteiger partial charge in [-0.3, -0.25) is 9.80 Å². The van der Waals surface area contributed by atoms with E-state index in [1.165, 1.54) is 37.8 Å². The van der Waals surface area contributed by atoms with Crippen LogP contribution in [0, 0.1) is 0 Å². The van der Waals surface area contributed by atoms with Crippen molar-refractivity contribution in [3.63, 3.8) is 0 Å². The van der Waals surface area contributed by atoms with Crippen LogP contribution in [0.25, 0.3) is 0 Å². The summed E-state index contributed by atoms with van der Waals surface area (Å²) in [5.41, 5.74) is 7.84. The van der Waals surface area contributed by atoms with Crippen molar-refractivity contribution in [1.29, 1.82) is 0 Å². The van der Waals surface area contributed by atoms with Crippen molar-refractivity contribution in [1.82, 2.24) is 9.80 Å². The van der Waals surface area contributed by atoms with Gasteiger partial charge in [0.25, 0.3) is 0 Å². The van der Waals surface area contributed by atoms with Gasteiger partial charge in [0.2, 0.25) is 0 Å². The predicted molar refractivity (Wildman–Crippen MR) is 99.0 cm³/mol. The second-order valence-corrected chi connectivity index (χ2v) is 7.40. The smallest absolute Gasteiger partial charge is 0.0703 e. The number of benzene rings is 1. The summed E-state index contributed by atoms with van der Waals surface area (Å²) in [4.78, 5) is 5.20. The highest BCUT2D eigenvalue weighted by Crippen LogP contribution is 2.29. The van der Waals surface area contributed by atoms with Crippen molar-refractivity contribution in [3.05, 3.63) is 35.9 Å². The molecule has 2 fully saturated rings. The van der Waals surface area contributed by atoms with Crippen LogP contribution >= 0.6 is 0 Å². The Kier molecular flexibility index (Phi) is 6.28. The fraction of sp³-hybridized carbons (Fsp3) is 0.700. The van der Waals surface area contributed by atoms with Crippen LogP contribution in [0.3, 0.4) is 0 Å². The number of likely N-dealkylation sites (tertiary alicyclic amines) is 1. The number of likely N-dealkylation sites (N-methyl/N-ethyl adjacent to an activating group) is 1. The van der Waals surface area contributed by atoms with E-state index in [4.69, 9.17) is 10.5 Å². The van der Waals surface area contributed by atoms with Crippen molar-refractivity contribution in [2.24, 2.45) is 5.73 Å². The van der Waals surface area contributed by atoms with Crippen LogP contribution in [0.5, 0.6) is 0 Å². The van der Waals surface area contributed by atoms with E-state index in [0.717, 1.165) is 39.3 Å². The number of hydrogen-bond donors (Lipinski definition) is 1. The summed E-state index contributed by atoms with van der Waals surface area (Å²) in [6, 6.07) is 10.8. The number of rotatable bonds is 7. The third-order valence-electron chi connectivity index (χ3n) is 5.76. The Morgan fingerprint density at radius 3 is 2.79 bits per heavy atom. The van der Waals surface area contributed by atoms with E-state index in [-0.39, 0.29) is 5.54 Å². The van der Waals surface area contributed by atoms with E-state index in [1.807, 2.05) is 0 Å². The fourth-order valence-corrected chi connectivity index (χ4v) is 4.43. The molecule has 2 aliphatic rings. The van der Waals surface area contributed by atoms with E-state index in [9.17, 15) is 0 Å². The molecule has 2 N–H and O–H groups in total. The van der Waals surface area contributed by atoms with Crippen molar-refractivity contribution in [2.75, 3.05) is 39.3 Å². The zero-order valence-electron chi connectivity index (χ0n) is 15.1. The first-order chi connectivity index (χ1) is 11.8. The molecule has 2 saturated heterocycles. The van der Waals surface area contributed by atoms with Crippen LogP contribution in [0.15, 0.2) is 30.3 Å². The quantitative estimate of drug-likeness (QED) is 0.833. The number of nitrogens with two attached hydrogens (primary N) is 1. The Labute approximate surface area is 147 Å². The second kappa shape index (κ2) is 8.43. The molecule has 0 spiro atoms. The monoisotopic (exact) mass is 331 g/mol. The van der Waals surface area contributed by atoms with Crippen molar-refractivity contribution in [2.45, 2.75) is 50.8 Å². The number of ether oxygens (including phenoxy) is 1. The molecule has 2 unspecified atom stereocenters. The number of hydrogen-bond acceptors (Lipinski definition) is 4. The van der Waals surface area contributed by atoms with Crippen LogP contribution in [0.1, 0.15) is 38.2 Å². The Morgan fingerprint density at radius 2 is 2.12 bits per heavy atom. The Balaban J connectivity index is 1.67. The molecule has 24 heavy (non-hydrogen) atoms. The van der Waals surface area contributed by atoms with Gasteiger partial charge in [0.05, 0.1) is 6.10 Å². The highest BCUT2D eigenvalue weighted by molar-refractivity contribution is 5.15. The third kappa shape index (κ3) is 4.17. The lowest BCUT2D eigenvalue weighted by Gasteiger charge is -2.49. The standard InChI is InChI=1S/C20H33N3O/c1-2-23(15-19-10-6-13-24-19)20(16-21)11-7-12-22(17-20)14-18-8-4-3-5-9-18/h3-5,8-9,19H,2,6-7,10-17,21H2,1H3. The van der Waals surface area contributed by atoms with Crippen LogP contribution in [-0.4, -0.2) is 60.8 Å². The number of piperidine rings is 1. The first-order valence-corrected chi connectivity index (χ1v) is 9.59. The SMILES string of the molecule is CCN(CC1CCCO1)C1(CN)CCCN(Cc2ccccc2)C1. The molecule has 134 valence electrons. The van der Waals surface area contributed by atoms with Crippen LogP contribution in [0.2, 0.25) is 0 Å². The topological polar surface area (TPSA) is 41.7 Å². The van der Waals surface area contributed by atoms with Gasteiger partial charge < -0.3 is 10.5 Å². The van der Waals surface area contributed by atoms with Gasteiger partial charge in [-0.2, -0.15) is 0 Å². The van der Waals surface area contributed by atoms with Gasteiger partial charge in [0.1, 0.15) is 0 Å². The van der Waals surface area contributed by atoms with Gasteiger partial charge in [-0.05, 0) is 44.3 Å². The van der Waals surface area contributed by atoms with Crippen LogP contribution in [0.4, 0.5) is 0 Å². The van der Waals surface area contributed by atoms with Gasteiger partial charge in [0, 0.05) is 38.3 Å². The molecule has 0 bridgehead atoms.